The van der Waals surface area contributed by atoms with Crippen molar-refractivity contribution in [3.05, 3.63) is 218 Å². The number of fused-ring (bicyclic) bond motifs is 11. The Hall–Kier alpha value is -8.34. The molecule has 0 saturated carbocycles. The van der Waals surface area contributed by atoms with Gasteiger partial charge in [0, 0.05) is 49.4 Å². The van der Waals surface area contributed by atoms with E-state index in [1.165, 1.54) is 27.4 Å². The summed E-state index contributed by atoms with van der Waals surface area (Å²) >= 11 is 0. The minimum atomic E-state index is 0.854. The molecule has 0 saturated heterocycles. The minimum Gasteiger partial charge on any atom is -0.456 e. The van der Waals surface area contributed by atoms with Crippen molar-refractivity contribution in [2.45, 2.75) is 0 Å². The topological polar surface area (TPSA) is 34.5 Å². The van der Waals surface area contributed by atoms with Gasteiger partial charge in [-0.2, -0.15) is 0 Å². The van der Waals surface area contributed by atoms with E-state index in [0.717, 1.165) is 94.1 Å². The highest BCUT2D eigenvalue weighted by Crippen LogP contribution is 2.46. The van der Waals surface area contributed by atoms with Gasteiger partial charge in [-0.1, -0.05) is 140 Å². The zero-order valence-corrected chi connectivity index (χ0v) is 33.5. The van der Waals surface area contributed by atoms with Crippen molar-refractivity contribution in [2.75, 3.05) is 4.90 Å². The first-order valence-corrected chi connectivity index (χ1v) is 21.1. The Labute approximate surface area is 356 Å². The van der Waals surface area contributed by atoms with Crippen LogP contribution in [0.5, 0.6) is 0 Å². The van der Waals surface area contributed by atoms with Crippen molar-refractivity contribution >= 4 is 93.5 Å². The first-order valence-electron chi connectivity index (χ1n) is 21.1. The number of furan rings is 2. The van der Waals surface area contributed by atoms with Gasteiger partial charge in [0.1, 0.15) is 22.3 Å². The monoisotopic (exact) mass is 792 g/mol. The van der Waals surface area contributed by atoms with Crippen molar-refractivity contribution in [2.24, 2.45) is 0 Å². The average molecular weight is 793 g/mol. The van der Waals surface area contributed by atoms with Crippen LogP contribution < -0.4 is 4.90 Å². The van der Waals surface area contributed by atoms with Gasteiger partial charge in [-0.05, 0) is 107 Å². The molecule has 4 heteroatoms. The summed E-state index contributed by atoms with van der Waals surface area (Å²) in [6.07, 6.45) is 0. The van der Waals surface area contributed by atoms with Crippen LogP contribution in [0.25, 0.3) is 104 Å². The quantitative estimate of drug-likeness (QED) is 0.168. The normalized spacial score (nSPS) is 11.9. The number of hydrogen-bond acceptors (Lipinski definition) is 3. The summed E-state index contributed by atoms with van der Waals surface area (Å²) in [6.45, 7) is 0. The van der Waals surface area contributed by atoms with Crippen LogP contribution in [-0.2, 0) is 0 Å². The summed E-state index contributed by atoms with van der Waals surface area (Å²) in [5.74, 6) is 0. The first-order chi connectivity index (χ1) is 30.8. The molecule has 0 aliphatic rings. The van der Waals surface area contributed by atoms with Crippen LogP contribution in [0.2, 0.25) is 0 Å². The van der Waals surface area contributed by atoms with Crippen LogP contribution in [0.3, 0.4) is 0 Å². The Morgan fingerprint density at radius 1 is 0.339 bits per heavy atom. The first kappa shape index (κ1) is 34.5. The second-order valence-corrected chi connectivity index (χ2v) is 16.0. The molecular weight excluding hydrogens is 757 g/mol. The number of hydrogen-bond donors (Lipinski definition) is 0. The average Bonchev–Trinajstić information content (AvgIpc) is 4.03. The third-order valence-electron chi connectivity index (χ3n) is 12.6. The molecule has 0 aliphatic carbocycles. The molecular formula is C58H36N2O2. The number of benzene rings is 10. The molecule has 0 N–H and O–H groups in total. The van der Waals surface area contributed by atoms with E-state index in [2.05, 4.69) is 216 Å². The number of anilines is 3. The molecule has 0 aliphatic heterocycles. The lowest BCUT2D eigenvalue weighted by Crippen LogP contribution is -2.10. The van der Waals surface area contributed by atoms with Gasteiger partial charge in [0.2, 0.25) is 0 Å². The third kappa shape index (κ3) is 5.20. The maximum Gasteiger partial charge on any atom is 0.143 e. The molecule has 0 spiro atoms. The molecule has 290 valence electrons. The second kappa shape index (κ2) is 13.6. The van der Waals surface area contributed by atoms with E-state index in [0.29, 0.717) is 0 Å². The SMILES string of the molecule is c1ccc(-n2c3ccccc3c3c(-c4ccc(N(c5ccc(-c6cccc7oc8ccccc8c67)cc5)c5cccc6oc7c8ccccc8ccc7c56)cc4)cccc32)cc1. The third-order valence-corrected chi connectivity index (χ3v) is 12.6. The van der Waals surface area contributed by atoms with Crippen molar-refractivity contribution in [3.63, 3.8) is 0 Å². The summed E-state index contributed by atoms with van der Waals surface area (Å²) in [5.41, 5.74) is 14.8. The zero-order chi connectivity index (χ0) is 40.7. The van der Waals surface area contributed by atoms with Crippen LogP contribution in [0.15, 0.2) is 227 Å². The predicted molar refractivity (Wildman–Crippen MR) is 258 cm³/mol. The van der Waals surface area contributed by atoms with E-state index in [1.54, 1.807) is 0 Å². The van der Waals surface area contributed by atoms with Crippen molar-refractivity contribution < 1.29 is 8.83 Å². The summed E-state index contributed by atoms with van der Waals surface area (Å²) in [5, 5.41) is 9.17. The lowest BCUT2D eigenvalue weighted by atomic mass is 9.98. The van der Waals surface area contributed by atoms with Crippen LogP contribution in [-0.4, -0.2) is 4.57 Å². The van der Waals surface area contributed by atoms with Gasteiger partial charge >= 0.3 is 0 Å². The minimum absolute atomic E-state index is 0.854. The van der Waals surface area contributed by atoms with Crippen molar-refractivity contribution in [1.29, 1.82) is 0 Å². The summed E-state index contributed by atoms with van der Waals surface area (Å²) in [4.78, 5) is 2.37. The fraction of sp³-hybridized carbons (Fsp3) is 0. The zero-order valence-electron chi connectivity index (χ0n) is 33.5. The fourth-order valence-electron chi connectivity index (χ4n) is 9.86. The number of aromatic nitrogens is 1. The molecule has 13 aromatic rings. The second-order valence-electron chi connectivity index (χ2n) is 16.0. The van der Waals surface area contributed by atoms with Crippen LogP contribution in [0.4, 0.5) is 17.1 Å². The van der Waals surface area contributed by atoms with Gasteiger partial charge in [0.05, 0.1) is 22.1 Å². The summed E-state index contributed by atoms with van der Waals surface area (Å²) in [7, 11) is 0. The lowest BCUT2D eigenvalue weighted by Gasteiger charge is -2.26. The highest BCUT2D eigenvalue weighted by Gasteiger charge is 2.22. The fourth-order valence-corrected chi connectivity index (χ4v) is 9.86. The van der Waals surface area contributed by atoms with Gasteiger partial charge in [-0.25, -0.2) is 0 Å². The van der Waals surface area contributed by atoms with Crippen LogP contribution >= 0.6 is 0 Å². The molecule has 0 amide bonds. The highest BCUT2D eigenvalue weighted by molar-refractivity contribution is 6.20. The molecule has 3 heterocycles. The molecule has 3 aromatic heterocycles. The largest absolute Gasteiger partial charge is 0.456 e. The Morgan fingerprint density at radius 3 is 1.69 bits per heavy atom. The Balaban J connectivity index is 0.990. The van der Waals surface area contributed by atoms with E-state index in [1.807, 2.05) is 12.1 Å². The lowest BCUT2D eigenvalue weighted by molar-refractivity contribution is 0.669. The molecule has 0 radical (unpaired) electrons. The Kier molecular flexibility index (Phi) is 7.57. The summed E-state index contributed by atoms with van der Waals surface area (Å²) < 4.78 is 15.4. The van der Waals surface area contributed by atoms with E-state index < -0.39 is 0 Å². The maximum absolute atomic E-state index is 6.72. The molecule has 0 fully saturated rings. The van der Waals surface area contributed by atoms with Gasteiger partial charge in [-0.3, -0.25) is 0 Å². The van der Waals surface area contributed by atoms with Gasteiger partial charge < -0.3 is 18.3 Å². The van der Waals surface area contributed by atoms with E-state index in [4.69, 9.17) is 8.83 Å². The van der Waals surface area contributed by atoms with Crippen molar-refractivity contribution in [3.8, 4) is 27.9 Å². The molecule has 0 atom stereocenters. The Bertz CT molecular complexity index is 3850. The van der Waals surface area contributed by atoms with Gasteiger partial charge in [-0.15, -0.1) is 0 Å². The summed E-state index contributed by atoms with van der Waals surface area (Å²) in [6, 6.07) is 77.9. The predicted octanol–water partition coefficient (Wildman–Crippen LogP) is 16.5. The molecule has 62 heavy (non-hydrogen) atoms. The highest BCUT2D eigenvalue weighted by atomic mass is 16.3. The van der Waals surface area contributed by atoms with Crippen LogP contribution in [0.1, 0.15) is 0 Å². The molecule has 0 bridgehead atoms. The smallest absolute Gasteiger partial charge is 0.143 e. The number of rotatable bonds is 6. The maximum atomic E-state index is 6.72. The molecule has 13 rings (SSSR count). The number of nitrogens with zero attached hydrogens (tertiary/aromatic N) is 2. The van der Waals surface area contributed by atoms with E-state index >= 15 is 0 Å². The Morgan fingerprint density at radius 2 is 0.919 bits per heavy atom. The van der Waals surface area contributed by atoms with E-state index in [9.17, 15) is 0 Å². The van der Waals surface area contributed by atoms with Gasteiger partial charge in [0.15, 0.2) is 0 Å². The molecule has 0 unspecified atom stereocenters. The molecule has 4 nitrogen and oxygen atoms in total. The standard InChI is InChI=1S/C58H36N2O2/c1-2-14-40(15-3-1)60-49-21-8-6-17-46(49)55-43(19-10-22-50(55)60)38-27-32-41(33-28-38)59(51-23-12-26-54-57(51)48-36-31-37-13-4-5-16-45(37)58(48)62-54)42-34-29-39(30-35-42)44-20-11-25-53-56(44)47-18-7-9-24-52(47)61-53/h1-36H. The number of para-hydroxylation sites is 3. The van der Waals surface area contributed by atoms with Gasteiger partial charge in [0.25, 0.3) is 0 Å². The molecule has 10 aromatic carbocycles. The van der Waals surface area contributed by atoms with Crippen molar-refractivity contribution in [1.82, 2.24) is 4.57 Å². The van der Waals surface area contributed by atoms with Crippen LogP contribution in [0, 0.1) is 0 Å². The van der Waals surface area contributed by atoms with E-state index in [-0.39, 0.29) is 0 Å².